The molecule has 0 spiro atoms. The second-order valence-corrected chi connectivity index (χ2v) is 4.77. The maximum Gasteiger partial charge on any atom is 0.115 e. The lowest BCUT2D eigenvalue weighted by Crippen LogP contribution is -2.43. The van der Waals surface area contributed by atoms with Gasteiger partial charge in [0.15, 0.2) is 0 Å². The fourth-order valence-corrected chi connectivity index (χ4v) is 2.04. The molecule has 1 aliphatic rings. The summed E-state index contributed by atoms with van der Waals surface area (Å²) >= 11 is 0. The zero-order valence-corrected chi connectivity index (χ0v) is 11.7. The van der Waals surface area contributed by atoms with E-state index >= 15 is 0 Å². The Labute approximate surface area is 124 Å². The molecule has 0 unspecified atom stereocenters. The summed E-state index contributed by atoms with van der Waals surface area (Å²) in [7, 11) is 0. The summed E-state index contributed by atoms with van der Waals surface area (Å²) in [6.45, 7) is 4.18. The van der Waals surface area contributed by atoms with Crippen LogP contribution in [0, 0.1) is 0 Å². The molecule has 0 atom stereocenters. The number of phenolic OH excluding ortho intramolecular Hbond substituents is 3. The molecule has 0 amide bonds. The van der Waals surface area contributed by atoms with Crippen molar-refractivity contribution in [3.8, 4) is 17.2 Å². The molecular weight excluding hydrogens is 268 g/mol. The Morgan fingerprint density at radius 3 is 1.48 bits per heavy atom. The molecule has 5 heteroatoms. The Morgan fingerprint density at radius 1 is 0.667 bits per heavy atom. The lowest BCUT2D eigenvalue weighted by atomic mass is 10.2. The van der Waals surface area contributed by atoms with Gasteiger partial charge in [-0.05, 0) is 48.5 Å². The smallest absolute Gasteiger partial charge is 0.115 e. The molecule has 1 aliphatic heterocycles. The van der Waals surface area contributed by atoms with E-state index in [1.54, 1.807) is 12.1 Å². The Morgan fingerprint density at radius 2 is 1.05 bits per heavy atom. The molecule has 2 aromatic carbocycles. The van der Waals surface area contributed by atoms with Crippen molar-refractivity contribution < 1.29 is 15.3 Å². The molecular formula is C16H20N2O3. The third-order valence-corrected chi connectivity index (χ3v) is 3.18. The van der Waals surface area contributed by atoms with Crippen LogP contribution in [0.25, 0.3) is 0 Å². The topological polar surface area (TPSA) is 76.0 Å². The molecule has 3 rings (SSSR count). The van der Waals surface area contributed by atoms with Gasteiger partial charge < -0.3 is 25.5 Å². The second kappa shape index (κ2) is 7.40. The highest BCUT2D eigenvalue weighted by atomic mass is 16.3. The second-order valence-electron chi connectivity index (χ2n) is 4.77. The van der Waals surface area contributed by atoms with Gasteiger partial charge in [-0.15, -0.1) is 0 Å². The van der Waals surface area contributed by atoms with Crippen molar-refractivity contribution in [2.24, 2.45) is 0 Å². The largest absolute Gasteiger partial charge is 0.508 e. The molecule has 5 nitrogen and oxygen atoms in total. The first-order valence-electron chi connectivity index (χ1n) is 6.88. The van der Waals surface area contributed by atoms with E-state index < -0.39 is 0 Å². The number of piperazine rings is 1. The van der Waals surface area contributed by atoms with E-state index in [9.17, 15) is 0 Å². The van der Waals surface area contributed by atoms with Crippen LogP contribution in [-0.4, -0.2) is 41.5 Å². The van der Waals surface area contributed by atoms with Gasteiger partial charge in [-0.1, -0.05) is 0 Å². The number of hydrogen-bond acceptors (Lipinski definition) is 5. The Hall–Kier alpha value is -2.40. The number of nitrogens with one attached hydrogen (secondary N) is 1. The van der Waals surface area contributed by atoms with Crippen LogP contribution >= 0.6 is 0 Å². The van der Waals surface area contributed by atoms with Crippen molar-refractivity contribution in [2.45, 2.75) is 0 Å². The summed E-state index contributed by atoms with van der Waals surface area (Å²) in [6.07, 6.45) is 0. The van der Waals surface area contributed by atoms with Crippen molar-refractivity contribution in [3.05, 3.63) is 48.5 Å². The van der Waals surface area contributed by atoms with E-state index in [0.29, 0.717) is 5.75 Å². The van der Waals surface area contributed by atoms with Gasteiger partial charge in [-0.25, -0.2) is 0 Å². The van der Waals surface area contributed by atoms with Gasteiger partial charge in [-0.3, -0.25) is 0 Å². The maximum atomic E-state index is 9.12. The van der Waals surface area contributed by atoms with Crippen LogP contribution in [0.2, 0.25) is 0 Å². The predicted molar refractivity (Wildman–Crippen MR) is 83.0 cm³/mol. The van der Waals surface area contributed by atoms with Crippen LogP contribution in [0.3, 0.4) is 0 Å². The first-order valence-corrected chi connectivity index (χ1v) is 6.88. The summed E-state index contributed by atoms with van der Waals surface area (Å²) in [5.41, 5.74) is 1.19. The van der Waals surface area contributed by atoms with E-state index in [1.165, 1.54) is 30.0 Å². The van der Waals surface area contributed by atoms with Crippen LogP contribution < -0.4 is 10.2 Å². The van der Waals surface area contributed by atoms with E-state index in [0.717, 1.165) is 26.2 Å². The van der Waals surface area contributed by atoms with Crippen molar-refractivity contribution in [1.82, 2.24) is 5.32 Å². The van der Waals surface area contributed by atoms with Crippen molar-refractivity contribution >= 4 is 5.69 Å². The molecule has 0 bridgehead atoms. The highest BCUT2D eigenvalue weighted by Gasteiger charge is 2.09. The van der Waals surface area contributed by atoms with E-state index in [4.69, 9.17) is 15.3 Å². The third-order valence-electron chi connectivity index (χ3n) is 3.18. The standard InChI is InChI=1S/C10H14N2O.C6H6O2/c13-10-3-1-9(2-4-10)12-7-5-11-6-8-12;7-5-1-2-6(8)4-3-5/h1-4,11,13H,5-8H2;1-4,7-8H. The molecule has 4 N–H and O–H groups in total. The first kappa shape index (κ1) is 15.0. The minimum atomic E-state index is 0.169. The van der Waals surface area contributed by atoms with E-state index in [-0.39, 0.29) is 11.5 Å². The van der Waals surface area contributed by atoms with Crippen LogP contribution in [0.5, 0.6) is 17.2 Å². The Kier molecular flexibility index (Phi) is 5.29. The average Bonchev–Trinajstić information content (AvgIpc) is 2.52. The SMILES string of the molecule is Oc1ccc(N2CCNCC2)cc1.Oc1ccc(O)cc1. The molecule has 112 valence electrons. The van der Waals surface area contributed by atoms with Crippen LogP contribution in [-0.2, 0) is 0 Å². The zero-order valence-electron chi connectivity index (χ0n) is 11.7. The van der Waals surface area contributed by atoms with Crippen molar-refractivity contribution in [2.75, 3.05) is 31.1 Å². The minimum Gasteiger partial charge on any atom is -0.508 e. The summed E-state index contributed by atoms with van der Waals surface area (Å²) in [5, 5.41) is 29.7. The lowest BCUT2D eigenvalue weighted by molar-refractivity contribution is 0.460. The Balaban J connectivity index is 0.000000173. The maximum absolute atomic E-state index is 9.12. The number of nitrogens with zero attached hydrogens (tertiary/aromatic N) is 1. The lowest BCUT2D eigenvalue weighted by Gasteiger charge is -2.29. The van der Waals surface area contributed by atoms with Crippen molar-refractivity contribution in [1.29, 1.82) is 0 Å². The van der Waals surface area contributed by atoms with Crippen LogP contribution in [0.1, 0.15) is 0 Å². The van der Waals surface area contributed by atoms with E-state index in [1.807, 2.05) is 12.1 Å². The minimum absolute atomic E-state index is 0.169. The third kappa shape index (κ3) is 4.89. The first-order chi connectivity index (χ1) is 10.1. The highest BCUT2D eigenvalue weighted by Crippen LogP contribution is 2.18. The molecule has 2 aromatic rings. The molecule has 0 aromatic heterocycles. The quantitative estimate of drug-likeness (QED) is 0.603. The summed E-state index contributed by atoms with van der Waals surface area (Å²) in [6, 6.07) is 13.1. The molecule has 21 heavy (non-hydrogen) atoms. The number of rotatable bonds is 1. The predicted octanol–water partition coefficient (Wildman–Crippen LogP) is 1.90. The monoisotopic (exact) mass is 288 g/mol. The van der Waals surface area contributed by atoms with Crippen molar-refractivity contribution in [3.63, 3.8) is 0 Å². The zero-order chi connectivity index (χ0) is 15.1. The van der Waals surface area contributed by atoms with Gasteiger partial charge in [0, 0.05) is 31.9 Å². The molecule has 0 aliphatic carbocycles. The van der Waals surface area contributed by atoms with E-state index in [2.05, 4.69) is 10.2 Å². The fraction of sp³-hybridized carbons (Fsp3) is 0.250. The summed E-state index contributed by atoms with van der Waals surface area (Å²) in [5.74, 6) is 0.671. The summed E-state index contributed by atoms with van der Waals surface area (Å²) < 4.78 is 0. The number of aromatic hydroxyl groups is 3. The number of anilines is 1. The number of phenols is 3. The van der Waals surface area contributed by atoms with Crippen LogP contribution in [0.15, 0.2) is 48.5 Å². The number of benzene rings is 2. The van der Waals surface area contributed by atoms with Crippen LogP contribution in [0.4, 0.5) is 5.69 Å². The van der Waals surface area contributed by atoms with Gasteiger partial charge in [0.2, 0.25) is 0 Å². The average molecular weight is 288 g/mol. The Bertz CT molecular complexity index is 513. The van der Waals surface area contributed by atoms with Gasteiger partial charge in [0.1, 0.15) is 17.2 Å². The van der Waals surface area contributed by atoms with Gasteiger partial charge in [0.25, 0.3) is 0 Å². The molecule has 1 heterocycles. The van der Waals surface area contributed by atoms with Gasteiger partial charge in [0.05, 0.1) is 0 Å². The fourth-order valence-electron chi connectivity index (χ4n) is 2.04. The summed E-state index contributed by atoms with van der Waals surface area (Å²) in [4.78, 5) is 2.32. The van der Waals surface area contributed by atoms with Gasteiger partial charge >= 0.3 is 0 Å². The number of hydrogen-bond donors (Lipinski definition) is 4. The molecule has 0 saturated carbocycles. The molecule has 1 fully saturated rings. The normalized spacial score (nSPS) is 14.2. The molecule has 1 saturated heterocycles. The van der Waals surface area contributed by atoms with Gasteiger partial charge in [-0.2, -0.15) is 0 Å². The molecule has 0 radical (unpaired) electrons. The highest BCUT2D eigenvalue weighted by molar-refractivity contribution is 5.49.